The van der Waals surface area contributed by atoms with E-state index in [1.807, 2.05) is 49.4 Å². The molecule has 0 radical (unpaired) electrons. The van der Waals surface area contributed by atoms with Crippen molar-refractivity contribution in [3.63, 3.8) is 0 Å². The van der Waals surface area contributed by atoms with Crippen LogP contribution in [0, 0.1) is 0 Å². The maximum Gasteiger partial charge on any atom is 0.264 e. The van der Waals surface area contributed by atoms with E-state index in [9.17, 15) is 4.79 Å². The predicted octanol–water partition coefficient (Wildman–Crippen LogP) is 6.86. The van der Waals surface area contributed by atoms with Gasteiger partial charge in [-0.05, 0) is 84.4 Å². The molecule has 0 saturated carbocycles. The van der Waals surface area contributed by atoms with Crippen molar-refractivity contribution in [3.8, 4) is 11.5 Å². The highest BCUT2D eigenvalue weighted by atomic mass is 35.5. The first-order chi connectivity index (χ1) is 16.0. The molecule has 8 heteroatoms. The van der Waals surface area contributed by atoms with E-state index in [-0.39, 0.29) is 5.91 Å². The van der Waals surface area contributed by atoms with Crippen molar-refractivity contribution in [2.75, 3.05) is 6.61 Å². The molecule has 0 spiro atoms. The number of benzene rings is 3. The molecule has 1 heterocycles. The van der Waals surface area contributed by atoms with Crippen LogP contribution in [0.3, 0.4) is 0 Å². The third-order valence-corrected chi connectivity index (χ3v) is 5.99. The van der Waals surface area contributed by atoms with Crippen molar-refractivity contribution in [2.45, 2.75) is 13.5 Å². The molecule has 3 aromatic carbocycles. The fourth-order valence-electron chi connectivity index (χ4n) is 3.01. The monoisotopic (exact) mass is 498 g/mol. The molecule has 3 aromatic rings. The Hall–Kier alpha value is -2.93. The zero-order valence-corrected chi connectivity index (χ0v) is 20.0. The number of amides is 1. The number of amidine groups is 1. The van der Waals surface area contributed by atoms with Crippen molar-refractivity contribution < 1.29 is 14.3 Å². The highest BCUT2D eigenvalue weighted by Gasteiger charge is 2.24. The van der Waals surface area contributed by atoms with E-state index < -0.39 is 0 Å². The molecule has 5 nitrogen and oxygen atoms in total. The van der Waals surface area contributed by atoms with Crippen LogP contribution in [0.1, 0.15) is 18.1 Å². The summed E-state index contributed by atoms with van der Waals surface area (Å²) in [5.74, 6) is 1.04. The van der Waals surface area contributed by atoms with Gasteiger partial charge in [-0.15, -0.1) is 0 Å². The van der Waals surface area contributed by atoms with Gasteiger partial charge in [0.15, 0.2) is 16.7 Å². The number of nitrogens with zero attached hydrogens (tertiary/aromatic N) is 1. The molecule has 1 aliphatic heterocycles. The van der Waals surface area contributed by atoms with Crippen molar-refractivity contribution >= 4 is 57.8 Å². The average molecular weight is 499 g/mol. The molecule has 1 saturated heterocycles. The van der Waals surface area contributed by atoms with Crippen molar-refractivity contribution in [3.05, 3.63) is 92.8 Å². The molecule has 4 rings (SSSR count). The molecule has 0 unspecified atom stereocenters. The SMILES string of the molecule is CCOc1cc(C=C2SC(=Nc3ccc(Cl)cc3)NC2=O)ccc1OCc1ccc(Cl)cc1. The lowest BCUT2D eigenvalue weighted by Crippen LogP contribution is -2.19. The number of thioether (sulfide) groups is 1. The van der Waals surface area contributed by atoms with Gasteiger partial charge in [0.25, 0.3) is 5.91 Å². The van der Waals surface area contributed by atoms with Gasteiger partial charge in [-0.1, -0.05) is 41.4 Å². The minimum Gasteiger partial charge on any atom is -0.490 e. The Morgan fingerprint density at radius 2 is 1.64 bits per heavy atom. The van der Waals surface area contributed by atoms with E-state index in [0.29, 0.717) is 50.5 Å². The second-order valence-electron chi connectivity index (χ2n) is 7.01. The summed E-state index contributed by atoms with van der Waals surface area (Å²) in [6.07, 6.45) is 1.80. The lowest BCUT2D eigenvalue weighted by molar-refractivity contribution is -0.115. The highest BCUT2D eigenvalue weighted by Crippen LogP contribution is 2.33. The number of hydrogen-bond acceptors (Lipinski definition) is 5. The normalized spacial score (nSPS) is 15.7. The summed E-state index contributed by atoms with van der Waals surface area (Å²) in [5, 5.41) is 4.62. The van der Waals surface area contributed by atoms with E-state index in [2.05, 4.69) is 10.3 Å². The van der Waals surface area contributed by atoms with Crippen molar-refractivity contribution in [2.24, 2.45) is 4.99 Å². The van der Waals surface area contributed by atoms with E-state index >= 15 is 0 Å². The van der Waals surface area contributed by atoms with Gasteiger partial charge in [-0.3, -0.25) is 4.79 Å². The van der Waals surface area contributed by atoms with E-state index in [0.717, 1.165) is 11.1 Å². The van der Waals surface area contributed by atoms with Gasteiger partial charge in [0.05, 0.1) is 17.2 Å². The maximum atomic E-state index is 12.4. The summed E-state index contributed by atoms with van der Waals surface area (Å²) in [6.45, 7) is 2.79. The largest absolute Gasteiger partial charge is 0.490 e. The van der Waals surface area contributed by atoms with Gasteiger partial charge in [0.2, 0.25) is 0 Å². The molecule has 168 valence electrons. The minimum atomic E-state index is -0.200. The second-order valence-corrected chi connectivity index (χ2v) is 8.92. The van der Waals surface area contributed by atoms with Crippen LogP contribution < -0.4 is 14.8 Å². The van der Waals surface area contributed by atoms with Gasteiger partial charge in [-0.25, -0.2) is 4.99 Å². The van der Waals surface area contributed by atoms with Crippen molar-refractivity contribution in [1.82, 2.24) is 5.32 Å². The van der Waals surface area contributed by atoms with Crippen LogP contribution >= 0.6 is 35.0 Å². The molecule has 0 atom stereocenters. The average Bonchev–Trinajstić information content (AvgIpc) is 3.14. The van der Waals surface area contributed by atoms with E-state index in [1.54, 1.807) is 30.3 Å². The third-order valence-electron chi connectivity index (χ3n) is 4.58. The molecule has 1 amide bonds. The minimum absolute atomic E-state index is 0.200. The summed E-state index contributed by atoms with van der Waals surface area (Å²) in [4.78, 5) is 17.4. The number of carbonyl (C=O) groups is 1. The van der Waals surface area contributed by atoms with Crippen molar-refractivity contribution in [1.29, 1.82) is 0 Å². The lowest BCUT2D eigenvalue weighted by atomic mass is 10.2. The smallest absolute Gasteiger partial charge is 0.264 e. The fraction of sp³-hybridized carbons (Fsp3) is 0.120. The summed E-state index contributed by atoms with van der Waals surface area (Å²) in [6, 6.07) is 20.2. The first-order valence-corrected chi connectivity index (χ1v) is 11.8. The van der Waals surface area contributed by atoms with E-state index in [1.165, 1.54) is 11.8 Å². The summed E-state index contributed by atoms with van der Waals surface area (Å²) >= 11 is 13.1. The first-order valence-electron chi connectivity index (χ1n) is 10.2. The van der Waals surface area contributed by atoms with Crippen LogP contribution in [0.25, 0.3) is 6.08 Å². The molecule has 1 fully saturated rings. The van der Waals surface area contributed by atoms with Crippen LogP contribution in [0.5, 0.6) is 11.5 Å². The Morgan fingerprint density at radius 3 is 2.33 bits per heavy atom. The molecular weight excluding hydrogens is 479 g/mol. The fourth-order valence-corrected chi connectivity index (χ4v) is 4.10. The molecule has 0 aliphatic carbocycles. The van der Waals surface area contributed by atoms with Crippen LogP contribution in [-0.4, -0.2) is 17.7 Å². The second kappa shape index (κ2) is 10.8. The first kappa shape index (κ1) is 23.2. The molecule has 1 aliphatic rings. The van der Waals surface area contributed by atoms with Gasteiger partial charge in [0.1, 0.15) is 6.61 Å². The van der Waals surface area contributed by atoms with Crippen LogP contribution in [0.15, 0.2) is 76.6 Å². The molecule has 1 N–H and O–H groups in total. The topological polar surface area (TPSA) is 59.9 Å². The Morgan fingerprint density at radius 1 is 0.939 bits per heavy atom. The van der Waals surface area contributed by atoms with Gasteiger partial charge >= 0.3 is 0 Å². The number of carbonyl (C=O) groups excluding carboxylic acids is 1. The quantitative estimate of drug-likeness (QED) is 0.361. The number of hydrogen-bond donors (Lipinski definition) is 1. The third kappa shape index (κ3) is 6.32. The number of ether oxygens (including phenoxy) is 2. The standard InChI is InChI=1S/C25H20Cl2N2O3S/c1-2-31-22-13-17(5-12-21(22)32-15-16-3-6-18(26)7-4-16)14-23-24(30)29-25(33-23)28-20-10-8-19(27)9-11-20/h3-14H,2,15H2,1H3,(H,28,29,30). The molecule has 0 bridgehead atoms. The number of rotatable bonds is 7. The Bertz CT molecular complexity index is 1210. The van der Waals surface area contributed by atoms with Gasteiger partial charge in [-0.2, -0.15) is 0 Å². The molecule has 0 aromatic heterocycles. The van der Waals surface area contributed by atoms with Crippen LogP contribution in [0.2, 0.25) is 10.0 Å². The van der Waals surface area contributed by atoms with Gasteiger partial charge < -0.3 is 14.8 Å². The number of halogens is 2. The summed E-state index contributed by atoms with van der Waals surface area (Å²) in [7, 11) is 0. The number of aliphatic imine (C=N–C) groups is 1. The zero-order valence-electron chi connectivity index (χ0n) is 17.7. The Balaban J connectivity index is 1.49. The van der Waals surface area contributed by atoms with E-state index in [4.69, 9.17) is 32.7 Å². The Labute approximate surface area is 206 Å². The molecule has 33 heavy (non-hydrogen) atoms. The summed E-state index contributed by atoms with van der Waals surface area (Å²) in [5.41, 5.74) is 2.53. The number of nitrogens with one attached hydrogen (secondary N) is 1. The predicted molar refractivity (Wildman–Crippen MR) is 136 cm³/mol. The maximum absolute atomic E-state index is 12.4. The zero-order chi connectivity index (χ0) is 23.2. The van der Waals surface area contributed by atoms with Crippen LogP contribution in [0.4, 0.5) is 5.69 Å². The van der Waals surface area contributed by atoms with Crippen LogP contribution in [-0.2, 0) is 11.4 Å². The summed E-state index contributed by atoms with van der Waals surface area (Å²) < 4.78 is 11.7. The Kier molecular flexibility index (Phi) is 7.60. The lowest BCUT2D eigenvalue weighted by Gasteiger charge is -2.13. The highest BCUT2D eigenvalue weighted by molar-refractivity contribution is 8.18. The van der Waals surface area contributed by atoms with Gasteiger partial charge in [0, 0.05) is 10.0 Å². The molecular formula is C25H20Cl2N2O3S.